The SMILES string of the molecule is N#Cc1ccc(-c2cc(-c3ccccc3)nc(-c3cccc(-n4c5ccccc5c5cc(-n6c7ccccc7c7ccccc76)ccc54)c3)n2)cc1. The Morgan fingerprint density at radius 1 is 0.385 bits per heavy atom. The molecule has 5 nitrogen and oxygen atoms in total. The summed E-state index contributed by atoms with van der Waals surface area (Å²) in [5, 5.41) is 14.2. The molecule has 0 saturated carbocycles. The summed E-state index contributed by atoms with van der Waals surface area (Å²) in [4.78, 5) is 10.2. The maximum Gasteiger partial charge on any atom is 0.160 e. The van der Waals surface area contributed by atoms with Crippen molar-refractivity contribution in [1.82, 2.24) is 19.1 Å². The van der Waals surface area contributed by atoms with Crippen molar-refractivity contribution in [2.75, 3.05) is 0 Å². The van der Waals surface area contributed by atoms with Crippen LogP contribution in [0.15, 0.2) is 176 Å². The largest absolute Gasteiger partial charge is 0.309 e. The molecule has 0 radical (unpaired) electrons. The fourth-order valence-corrected chi connectivity index (χ4v) is 7.56. The van der Waals surface area contributed by atoms with Crippen LogP contribution >= 0.6 is 0 Å². The number of aromatic nitrogens is 4. The summed E-state index contributed by atoms with van der Waals surface area (Å²) in [5.74, 6) is 0.636. The molecule has 10 rings (SSSR count). The van der Waals surface area contributed by atoms with Crippen LogP contribution in [0.4, 0.5) is 0 Å². The van der Waals surface area contributed by atoms with Crippen LogP contribution < -0.4 is 0 Å². The number of rotatable bonds is 5. The van der Waals surface area contributed by atoms with Gasteiger partial charge in [0, 0.05) is 49.6 Å². The molecular formula is C47H29N5. The molecule has 10 aromatic rings. The molecule has 0 N–H and O–H groups in total. The predicted molar refractivity (Wildman–Crippen MR) is 212 cm³/mol. The van der Waals surface area contributed by atoms with E-state index in [9.17, 15) is 5.26 Å². The van der Waals surface area contributed by atoms with Crippen molar-refractivity contribution < 1.29 is 0 Å². The van der Waals surface area contributed by atoms with E-state index in [0.717, 1.165) is 50.5 Å². The average molecular weight is 664 g/mol. The van der Waals surface area contributed by atoms with E-state index in [4.69, 9.17) is 9.97 Å². The Balaban J connectivity index is 1.15. The van der Waals surface area contributed by atoms with Crippen LogP contribution in [0.1, 0.15) is 5.56 Å². The second-order valence-electron chi connectivity index (χ2n) is 13.0. The minimum atomic E-state index is 0.613. The number of benzene rings is 7. The number of nitrogens with zero attached hydrogens (tertiary/aromatic N) is 5. The van der Waals surface area contributed by atoms with Gasteiger partial charge in [-0.05, 0) is 66.7 Å². The maximum absolute atomic E-state index is 9.38. The third kappa shape index (κ3) is 4.78. The number of nitriles is 1. The van der Waals surface area contributed by atoms with Gasteiger partial charge in [-0.3, -0.25) is 0 Å². The molecule has 0 aliphatic carbocycles. The van der Waals surface area contributed by atoms with Gasteiger partial charge in [-0.1, -0.05) is 109 Å². The summed E-state index contributed by atoms with van der Waals surface area (Å²) in [7, 11) is 0. The van der Waals surface area contributed by atoms with Crippen LogP contribution in [0.5, 0.6) is 0 Å². The first kappa shape index (κ1) is 29.6. The molecular weight excluding hydrogens is 635 g/mol. The highest BCUT2D eigenvalue weighted by Gasteiger charge is 2.17. The Bertz CT molecular complexity index is 2960. The normalized spacial score (nSPS) is 11.4. The first-order chi connectivity index (χ1) is 25.7. The molecule has 242 valence electrons. The Labute approximate surface area is 299 Å². The molecule has 52 heavy (non-hydrogen) atoms. The molecule has 7 aromatic carbocycles. The van der Waals surface area contributed by atoms with Crippen LogP contribution in [-0.4, -0.2) is 19.1 Å². The van der Waals surface area contributed by atoms with Crippen molar-refractivity contribution in [2.24, 2.45) is 0 Å². The lowest BCUT2D eigenvalue weighted by molar-refractivity contribution is 1.15. The van der Waals surface area contributed by atoms with Crippen molar-refractivity contribution in [3.63, 3.8) is 0 Å². The van der Waals surface area contributed by atoms with Gasteiger partial charge in [0.2, 0.25) is 0 Å². The smallest absolute Gasteiger partial charge is 0.160 e. The summed E-state index contributed by atoms with van der Waals surface area (Å²) in [5.41, 5.74) is 11.9. The van der Waals surface area contributed by atoms with Crippen LogP contribution in [-0.2, 0) is 0 Å². The van der Waals surface area contributed by atoms with Gasteiger partial charge >= 0.3 is 0 Å². The van der Waals surface area contributed by atoms with Gasteiger partial charge in [-0.25, -0.2) is 9.97 Å². The second-order valence-corrected chi connectivity index (χ2v) is 13.0. The van der Waals surface area contributed by atoms with E-state index in [1.54, 1.807) is 0 Å². The lowest BCUT2D eigenvalue weighted by Gasteiger charge is -2.12. The Morgan fingerprint density at radius 3 is 1.50 bits per heavy atom. The molecule has 5 heteroatoms. The third-order valence-electron chi connectivity index (χ3n) is 9.96. The van der Waals surface area contributed by atoms with E-state index in [-0.39, 0.29) is 0 Å². The van der Waals surface area contributed by atoms with E-state index < -0.39 is 0 Å². The Morgan fingerprint density at radius 2 is 0.885 bits per heavy atom. The van der Waals surface area contributed by atoms with E-state index in [1.807, 2.05) is 48.5 Å². The number of hydrogen-bond acceptors (Lipinski definition) is 3. The molecule has 0 fully saturated rings. The molecule has 0 aliphatic rings. The van der Waals surface area contributed by atoms with Crippen LogP contribution in [0, 0.1) is 11.3 Å². The lowest BCUT2D eigenvalue weighted by atomic mass is 10.1. The molecule has 3 aromatic heterocycles. The van der Waals surface area contributed by atoms with Crippen LogP contribution in [0.3, 0.4) is 0 Å². The first-order valence-corrected chi connectivity index (χ1v) is 17.3. The molecule has 3 heterocycles. The molecule has 0 unspecified atom stereocenters. The molecule has 0 amide bonds. The second kappa shape index (κ2) is 11.9. The first-order valence-electron chi connectivity index (χ1n) is 17.3. The molecule has 0 bridgehead atoms. The Hall–Kier alpha value is -7.29. The zero-order valence-corrected chi connectivity index (χ0v) is 28.0. The van der Waals surface area contributed by atoms with Crippen molar-refractivity contribution >= 4 is 43.6 Å². The predicted octanol–water partition coefficient (Wildman–Crippen LogP) is 11.5. The highest BCUT2D eigenvalue weighted by atomic mass is 15.0. The number of para-hydroxylation sites is 3. The van der Waals surface area contributed by atoms with Gasteiger partial charge in [-0.15, -0.1) is 0 Å². The minimum absolute atomic E-state index is 0.613. The maximum atomic E-state index is 9.38. The monoisotopic (exact) mass is 663 g/mol. The molecule has 0 aliphatic heterocycles. The van der Waals surface area contributed by atoms with Crippen LogP contribution in [0.2, 0.25) is 0 Å². The summed E-state index contributed by atoms with van der Waals surface area (Å²) in [6.07, 6.45) is 0. The fraction of sp³-hybridized carbons (Fsp3) is 0. The highest BCUT2D eigenvalue weighted by molar-refractivity contribution is 6.12. The zero-order chi connectivity index (χ0) is 34.6. The van der Waals surface area contributed by atoms with Gasteiger partial charge in [-0.2, -0.15) is 5.26 Å². The third-order valence-corrected chi connectivity index (χ3v) is 9.96. The summed E-state index contributed by atoms with van der Waals surface area (Å²) in [6, 6.07) is 63.2. The van der Waals surface area contributed by atoms with E-state index in [0.29, 0.717) is 11.4 Å². The van der Waals surface area contributed by atoms with E-state index in [2.05, 4.69) is 143 Å². The summed E-state index contributed by atoms with van der Waals surface area (Å²) >= 11 is 0. The van der Waals surface area contributed by atoms with Crippen molar-refractivity contribution in [2.45, 2.75) is 0 Å². The minimum Gasteiger partial charge on any atom is -0.309 e. The van der Waals surface area contributed by atoms with Gasteiger partial charge in [0.25, 0.3) is 0 Å². The van der Waals surface area contributed by atoms with Crippen molar-refractivity contribution in [1.29, 1.82) is 5.26 Å². The fourth-order valence-electron chi connectivity index (χ4n) is 7.56. The van der Waals surface area contributed by atoms with Gasteiger partial charge < -0.3 is 9.13 Å². The summed E-state index contributed by atoms with van der Waals surface area (Å²) < 4.78 is 4.71. The van der Waals surface area contributed by atoms with Crippen molar-refractivity contribution in [3.05, 3.63) is 181 Å². The summed E-state index contributed by atoms with van der Waals surface area (Å²) in [6.45, 7) is 0. The molecule has 0 atom stereocenters. The number of fused-ring (bicyclic) bond motifs is 6. The topological polar surface area (TPSA) is 59.4 Å². The van der Waals surface area contributed by atoms with Crippen molar-refractivity contribution in [3.8, 4) is 51.3 Å². The Kier molecular flexibility index (Phi) is 6.80. The van der Waals surface area contributed by atoms with E-state index in [1.165, 1.54) is 32.6 Å². The highest BCUT2D eigenvalue weighted by Crippen LogP contribution is 2.37. The average Bonchev–Trinajstić information content (AvgIpc) is 3.74. The van der Waals surface area contributed by atoms with E-state index >= 15 is 0 Å². The van der Waals surface area contributed by atoms with Crippen LogP contribution in [0.25, 0.3) is 88.9 Å². The quantitative estimate of drug-likeness (QED) is 0.184. The zero-order valence-electron chi connectivity index (χ0n) is 28.0. The molecule has 0 saturated heterocycles. The van der Waals surface area contributed by atoms with Gasteiger partial charge in [0.05, 0.1) is 45.1 Å². The standard InChI is InChI=1S/C47H29N5/c48-30-31-21-23-33(24-22-31)42-29-41(32-11-2-1-3-12-32)49-47(50-42)34-13-10-14-35(27-34)51-45-20-9-6-17-39(45)40-28-36(25-26-46(40)51)52-43-18-7-4-15-37(43)38-16-5-8-19-44(38)52/h1-29H. The van der Waals surface area contributed by atoms with Gasteiger partial charge in [0.1, 0.15) is 0 Å². The number of hydrogen-bond donors (Lipinski definition) is 0. The molecule has 0 spiro atoms. The lowest BCUT2D eigenvalue weighted by Crippen LogP contribution is -1.98. The van der Waals surface area contributed by atoms with Gasteiger partial charge in [0.15, 0.2) is 5.82 Å².